The fraction of sp³-hybridized carbons (Fsp3) is 0.625. The van der Waals surface area contributed by atoms with Gasteiger partial charge in [-0.1, -0.05) is 17.7 Å². The van der Waals surface area contributed by atoms with Crippen LogP contribution in [0.5, 0.6) is 5.75 Å². The van der Waals surface area contributed by atoms with E-state index in [1.54, 1.807) is 7.11 Å². The molecule has 1 heterocycles. The zero-order chi connectivity index (χ0) is 13.9. The molecule has 0 aliphatic carbocycles. The molecule has 2 atom stereocenters. The summed E-state index contributed by atoms with van der Waals surface area (Å²) in [5, 5.41) is 3.53. The zero-order valence-corrected chi connectivity index (χ0v) is 13.3. The number of ether oxygens (including phenoxy) is 1. The maximum atomic E-state index is 5.51. The monoisotopic (exact) mass is 279 g/mol. The highest BCUT2D eigenvalue weighted by Gasteiger charge is 2.37. The molecule has 19 heavy (non-hydrogen) atoms. The van der Waals surface area contributed by atoms with Crippen LogP contribution in [0.1, 0.15) is 30.9 Å². The Bertz CT molecular complexity index is 427. The largest absolute Gasteiger partial charge is 0.496 e. The first-order valence-corrected chi connectivity index (χ1v) is 8.02. The third kappa shape index (κ3) is 3.26. The second-order valence-corrected chi connectivity index (χ2v) is 7.25. The minimum Gasteiger partial charge on any atom is -0.496 e. The standard InChI is InChI=1S/C16H25NOS/c1-12-6-7-14(18-4)13(10-12)11-15(17-3)16(2)8-5-9-19-16/h6-7,10,15,17H,5,8-9,11H2,1-4H3. The zero-order valence-electron chi connectivity index (χ0n) is 12.5. The molecule has 1 aromatic rings. The van der Waals surface area contributed by atoms with Crippen LogP contribution in [0.4, 0.5) is 0 Å². The van der Waals surface area contributed by atoms with Crippen LogP contribution >= 0.6 is 11.8 Å². The molecule has 0 saturated carbocycles. The Morgan fingerprint density at radius 3 is 2.84 bits per heavy atom. The molecule has 0 aromatic heterocycles. The third-order valence-electron chi connectivity index (χ3n) is 4.19. The summed E-state index contributed by atoms with van der Waals surface area (Å²) in [4.78, 5) is 0. The average molecular weight is 279 g/mol. The van der Waals surface area contributed by atoms with Crippen molar-refractivity contribution >= 4 is 11.8 Å². The molecule has 3 heteroatoms. The number of hydrogen-bond acceptors (Lipinski definition) is 3. The van der Waals surface area contributed by atoms with Crippen molar-refractivity contribution in [2.45, 2.75) is 43.9 Å². The molecule has 2 rings (SSSR count). The molecule has 0 radical (unpaired) electrons. The van der Waals surface area contributed by atoms with Gasteiger partial charge >= 0.3 is 0 Å². The molecule has 2 unspecified atom stereocenters. The van der Waals surface area contributed by atoms with E-state index >= 15 is 0 Å². The number of rotatable bonds is 5. The highest BCUT2D eigenvalue weighted by atomic mass is 32.2. The van der Waals surface area contributed by atoms with Gasteiger partial charge in [-0.05, 0) is 57.5 Å². The molecule has 1 aliphatic rings. The van der Waals surface area contributed by atoms with Crippen molar-refractivity contribution in [3.05, 3.63) is 29.3 Å². The first-order chi connectivity index (χ1) is 9.09. The van der Waals surface area contributed by atoms with Crippen LogP contribution in [0.25, 0.3) is 0 Å². The Kier molecular flexibility index (Phi) is 4.80. The van der Waals surface area contributed by atoms with Crippen LogP contribution in [0.3, 0.4) is 0 Å². The fourth-order valence-corrected chi connectivity index (χ4v) is 4.43. The minimum absolute atomic E-state index is 0.351. The van der Waals surface area contributed by atoms with Gasteiger partial charge in [-0.3, -0.25) is 0 Å². The molecule has 106 valence electrons. The van der Waals surface area contributed by atoms with E-state index in [4.69, 9.17) is 4.74 Å². The first-order valence-electron chi connectivity index (χ1n) is 7.04. The summed E-state index contributed by atoms with van der Waals surface area (Å²) < 4.78 is 5.86. The summed E-state index contributed by atoms with van der Waals surface area (Å²) >= 11 is 2.11. The Hall–Kier alpha value is -0.670. The van der Waals surface area contributed by atoms with E-state index in [2.05, 4.69) is 56.2 Å². The van der Waals surface area contributed by atoms with E-state index in [0.29, 0.717) is 10.8 Å². The summed E-state index contributed by atoms with van der Waals surface area (Å²) in [6.45, 7) is 4.54. The maximum absolute atomic E-state index is 5.51. The van der Waals surface area contributed by atoms with Gasteiger partial charge in [-0.25, -0.2) is 0 Å². The van der Waals surface area contributed by atoms with Crippen LogP contribution in [-0.2, 0) is 6.42 Å². The molecular weight excluding hydrogens is 254 g/mol. The Morgan fingerprint density at radius 2 is 2.26 bits per heavy atom. The van der Waals surface area contributed by atoms with Gasteiger partial charge in [0, 0.05) is 10.8 Å². The van der Waals surface area contributed by atoms with Crippen molar-refractivity contribution in [2.75, 3.05) is 19.9 Å². The highest BCUT2D eigenvalue weighted by molar-refractivity contribution is 8.00. The topological polar surface area (TPSA) is 21.3 Å². The van der Waals surface area contributed by atoms with Gasteiger partial charge in [0.05, 0.1) is 7.11 Å². The summed E-state index contributed by atoms with van der Waals surface area (Å²) in [5.74, 6) is 2.30. The number of methoxy groups -OCH3 is 1. The molecular formula is C16H25NOS. The van der Waals surface area contributed by atoms with E-state index in [-0.39, 0.29) is 0 Å². The van der Waals surface area contributed by atoms with Gasteiger partial charge in [-0.15, -0.1) is 0 Å². The van der Waals surface area contributed by atoms with Crippen molar-refractivity contribution in [3.63, 3.8) is 0 Å². The van der Waals surface area contributed by atoms with Crippen LogP contribution in [0.2, 0.25) is 0 Å². The second kappa shape index (κ2) is 6.19. The number of thioether (sulfide) groups is 1. The van der Waals surface area contributed by atoms with Gasteiger partial charge < -0.3 is 10.1 Å². The summed E-state index contributed by atoms with van der Waals surface area (Å²) in [7, 11) is 3.84. The molecule has 2 nitrogen and oxygen atoms in total. The lowest BCUT2D eigenvalue weighted by Gasteiger charge is -2.33. The van der Waals surface area contributed by atoms with Crippen molar-refractivity contribution in [1.82, 2.24) is 5.32 Å². The van der Waals surface area contributed by atoms with E-state index in [1.807, 2.05) is 0 Å². The molecule has 1 saturated heterocycles. The van der Waals surface area contributed by atoms with Crippen LogP contribution in [0.15, 0.2) is 18.2 Å². The lowest BCUT2D eigenvalue weighted by atomic mass is 9.90. The molecule has 1 aromatic carbocycles. The van der Waals surface area contributed by atoms with Gasteiger partial charge in [0.1, 0.15) is 5.75 Å². The number of benzene rings is 1. The van der Waals surface area contributed by atoms with Crippen LogP contribution in [-0.4, -0.2) is 30.7 Å². The Balaban J connectivity index is 2.20. The summed E-state index contributed by atoms with van der Waals surface area (Å²) in [6, 6.07) is 6.95. The number of hydrogen-bond donors (Lipinski definition) is 1. The average Bonchev–Trinajstić information content (AvgIpc) is 2.84. The molecule has 0 bridgehead atoms. The highest BCUT2D eigenvalue weighted by Crippen LogP contribution is 2.41. The van der Waals surface area contributed by atoms with Crippen LogP contribution < -0.4 is 10.1 Å². The maximum Gasteiger partial charge on any atom is 0.122 e. The molecule has 1 aliphatic heterocycles. The quantitative estimate of drug-likeness (QED) is 0.892. The molecule has 1 N–H and O–H groups in total. The van der Waals surface area contributed by atoms with Crippen LogP contribution in [0, 0.1) is 6.92 Å². The Morgan fingerprint density at radius 1 is 1.47 bits per heavy atom. The SMILES string of the molecule is CNC(Cc1cc(C)ccc1OC)C1(C)CCCS1. The van der Waals surface area contributed by atoms with E-state index in [9.17, 15) is 0 Å². The van der Waals surface area contributed by atoms with Crippen molar-refractivity contribution in [2.24, 2.45) is 0 Å². The normalized spacial score (nSPS) is 24.4. The lowest BCUT2D eigenvalue weighted by Crippen LogP contribution is -2.45. The van der Waals surface area contributed by atoms with Gasteiger partial charge in [0.2, 0.25) is 0 Å². The van der Waals surface area contributed by atoms with E-state index in [1.165, 1.54) is 29.7 Å². The number of aryl methyl sites for hydroxylation is 1. The summed E-state index contributed by atoms with van der Waals surface area (Å²) in [5.41, 5.74) is 2.62. The predicted octanol–water partition coefficient (Wildman–Crippen LogP) is 3.42. The minimum atomic E-state index is 0.351. The predicted molar refractivity (Wildman–Crippen MR) is 84.4 cm³/mol. The third-order valence-corrected chi connectivity index (χ3v) is 5.84. The van der Waals surface area contributed by atoms with Gasteiger partial charge in [-0.2, -0.15) is 11.8 Å². The second-order valence-electron chi connectivity index (χ2n) is 5.63. The van der Waals surface area contributed by atoms with Crippen molar-refractivity contribution in [1.29, 1.82) is 0 Å². The number of likely N-dealkylation sites (N-methyl/N-ethyl adjacent to an activating group) is 1. The number of nitrogens with one attached hydrogen (secondary N) is 1. The van der Waals surface area contributed by atoms with E-state index < -0.39 is 0 Å². The Labute approximate surface area is 121 Å². The fourth-order valence-electron chi connectivity index (χ4n) is 2.99. The molecule has 0 spiro atoms. The summed E-state index contributed by atoms with van der Waals surface area (Å²) in [6.07, 6.45) is 3.67. The van der Waals surface area contributed by atoms with Gasteiger partial charge in [0.25, 0.3) is 0 Å². The smallest absolute Gasteiger partial charge is 0.122 e. The van der Waals surface area contributed by atoms with Crippen molar-refractivity contribution in [3.8, 4) is 5.75 Å². The molecule has 0 amide bonds. The lowest BCUT2D eigenvalue weighted by molar-refractivity contribution is 0.392. The van der Waals surface area contributed by atoms with E-state index in [0.717, 1.165) is 12.2 Å². The van der Waals surface area contributed by atoms with Crippen molar-refractivity contribution < 1.29 is 4.74 Å². The first kappa shape index (κ1) is 14.7. The molecule has 1 fully saturated rings. The van der Waals surface area contributed by atoms with Gasteiger partial charge in [0.15, 0.2) is 0 Å².